The second-order valence-corrected chi connectivity index (χ2v) is 11.3. The van der Waals surface area contributed by atoms with Gasteiger partial charge in [0.05, 0.1) is 0 Å². The van der Waals surface area contributed by atoms with Crippen molar-refractivity contribution in [3.05, 3.63) is 158 Å². The van der Waals surface area contributed by atoms with Crippen molar-refractivity contribution in [2.75, 3.05) is 0 Å². The van der Waals surface area contributed by atoms with E-state index in [0.29, 0.717) is 0 Å². The molecule has 0 saturated heterocycles. The lowest BCUT2D eigenvalue weighted by molar-refractivity contribution is 0.673. The van der Waals surface area contributed by atoms with Crippen molar-refractivity contribution >= 4 is 54.3 Å². The van der Waals surface area contributed by atoms with Gasteiger partial charge in [-0.05, 0) is 90.6 Å². The first-order valence-corrected chi connectivity index (χ1v) is 14.8. The maximum absolute atomic E-state index is 6.45. The monoisotopic (exact) mass is 546 g/mol. The van der Waals surface area contributed by atoms with Crippen LogP contribution in [-0.2, 0) is 0 Å². The average molecular weight is 547 g/mol. The number of hydrogen-bond acceptors (Lipinski definition) is 1. The summed E-state index contributed by atoms with van der Waals surface area (Å²) in [6.45, 7) is 0. The topological polar surface area (TPSA) is 13.1 Å². The Balaban J connectivity index is 1.12. The van der Waals surface area contributed by atoms with Crippen LogP contribution in [0.1, 0.15) is 0 Å². The van der Waals surface area contributed by atoms with Crippen molar-refractivity contribution < 1.29 is 4.42 Å². The lowest BCUT2D eigenvalue weighted by atomic mass is 9.91. The minimum atomic E-state index is 0.921. The molecule has 0 N–H and O–H groups in total. The first-order chi connectivity index (χ1) is 21.3. The predicted octanol–water partition coefficient (Wildman–Crippen LogP) is 12.0. The Morgan fingerprint density at radius 2 is 0.860 bits per heavy atom. The highest BCUT2D eigenvalue weighted by Crippen LogP contribution is 2.39. The van der Waals surface area contributed by atoms with Crippen molar-refractivity contribution in [3.63, 3.8) is 0 Å². The van der Waals surface area contributed by atoms with E-state index < -0.39 is 0 Å². The summed E-state index contributed by atoms with van der Waals surface area (Å²) >= 11 is 0. The molecule has 9 rings (SSSR count). The van der Waals surface area contributed by atoms with Gasteiger partial charge in [0, 0.05) is 16.2 Å². The molecule has 200 valence electrons. The van der Waals surface area contributed by atoms with E-state index in [1.807, 2.05) is 0 Å². The Labute approximate surface area is 249 Å². The molecule has 1 aromatic heterocycles. The number of rotatable bonds is 3. The standard InChI is InChI=1S/C42H26O/c1-2-8-27(9-3-1)34-22-23-35(38-13-7-6-12-37(34)38)33-17-16-29-24-30(14-15-31(29)25-33)32-19-20-39-40-21-18-28-10-4-5-11-36(28)42(40)43-41(39)26-32/h1-26H. The molecule has 8 aromatic carbocycles. The molecule has 0 saturated carbocycles. The van der Waals surface area contributed by atoms with E-state index >= 15 is 0 Å². The quantitative estimate of drug-likeness (QED) is 0.215. The van der Waals surface area contributed by atoms with Crippen molar-refractivity contribution in [2.45, 2.75) is 0 Å². The lowest BCUT2D eigenvalue weighted by Crippen LogP contribution is -1.86. The van der Waals surface area contributed by atoms with Gasteiger partial charge in [-0.1, -0.05) is 127 Å². The molecule has 0 aliphatic heterocycles. The minimum Gasteiger partial charge on any atom is -0.455 e. The minimum absolute atomic E-state index is 0.921. The third-order valence-corrected chi connectivity index (χ3v) is 8.86. The van der Waals surface area contributed by atoms with E-state index in [1.54, 1.807) is 0 Å². The molecule has 0 fully saturated rings. The first-order valence-electron chi connectivity index (χ1n) is 14.8. The molecular weight excluding hydrogens is 520 g/mol. The van der Waals surface area contributed by atoms with Crippen LogP contribution in [0.25, 0.3) is 87.6 Å². The van der Waals surface area contributed by atoms with Crippen LogP contribution in [0.3, 0.4) is 0 Å². The third-order valence-electron chi connectivity index (χ3n) is 8.86. The van der Waals surface area contributed by atoms with Crippen molar-refractivity contribution in [1.29, 1.82) is 0 Å². The highest BCUT2D eigenvalue weighted by molar-refractivity contribution is 6.15. The fourth-order valence-corrected chi connectivity index (χ4v) is 6.70. The molecule has 1 heteroatoms. The molecule has 0 spiro atoms. The summed E-state index contributed by atoms with van der Waals surface area (Å²) in [5.74, 6) is 0. The summed E-state index contributed by atoms with van der Waals surface area (Å²) in [5.41, 5.74) is 9.21. The molecule has 0 atom stereocenters. The van der Waals surface area contributed by atoms with E-state index in [0.717, 1.165) is 32.9 Å². The molecule has 0 aliphatic rings. The summed E-state index contributed by atoms with van der Waals surface area (Å²) < 4.78 is 6.45. The van der Waals surface area contributed by atoms with E-state index in [9.17, 15) is 0 Å². The van der Waals surface area contributed by atoms with Gasteiger partial charge in [0.2, 0.25) is 0 Å². The molecule has 9 aromatic rings. The van der Waals surface area contributed by atoms with Crippen molar-refractivity contribution in [2.24, 2.45) is 0 Å². The summed E-state index contributed by atoms with van der Waals surface area (Å²) in [6.07, 6.45) is 0. The molecule has 43 heavy (non-hydrogen) atoms. The fraction of sp³-hybridized carbons (Fsp3) is 0. The summed E-state index contributed by atoms with van der Waals surface area (Å²) in [7, 11) is 0. The molecule has 0 bridgehead atoms. The molecule has 1 nitrogen and oxygen atoms in total. The summed E-state index contributed by atoms with van der Waals surface area (Å²) in [6, 6.07) is 56.8. The van der Waals surface area contributed by atoms with Gasteiger partial charge < -0.3 is 4.42 Å². The maximum atomic E-state index is 6.45. The van der Waals surface area contributed by atoms with E-state index in [2.05, 4.69) is 158 Å². The van der Waals surface area contributed by atoms with Gasteiger partial charge in [0.15, 0.2) is 0 Å². The summed E-state index contributed by atoms with van der Waals surface area (Å²) in [5, 5.41) is 9.67. The van der Waals surface area contributed by atoms with E-state index in [4.69, 9.17) is 4.42 Å². The van der Waals surface area contributed by atoms with Gasteiger partial charge in [-0.3, -0.25) is 0 Å². The highest BCUT2D eigenvalue weighted by Gasteiger charge is 2.13. The second kappa shape index (κ2) is 9.44. The molecule has 1 heterocycles. The lowest BCUT2D eigenvalue weighted by Gasteiger charge is -2.13. The van der Waals surface area contributed by atoms with Crippen LogP contribution < -0.4 is 0 Å². The van der Waals surface area contributed by atoms with Crippen LogP contribution in [0.2, 0.25) is 0 Å². The number of fused-ring (bicyclic) bond motifs is 7. The van der Waals surface area contributed by atoms with Gasteiger partial charge in [-0.15, -0.1) is 0 Å². The van der Waals surface area contributed by atoms with Crippen LogP contribution in [-0.4, -0.2) is 0 Å². The van der Waals surface area contributed by atoms with Crippen molar-refractivity contribution in [1.82, 2.24) is 0 Å². The number of hydrogen-bond donors (Lipinski definition) is 0. The Bertz CT molecular complexity index is 2500. The molecule has 0 unspecified atom stereocenters. The fourth-order valence-electron chi connectivity index (χ4n) is 6.70. The first kappa shape index (κ1) is 24.0. The second-order valence-electron chi connectivity index (χ2n) is 11.3. The molecule has 0 aliphatic carbocycles. The van der Waals surface area contributed by atoms with Crippen LogP contribution in [0.15, 0.2) is 162 Å². The SMILES string of the molecule is c1ccc(-c2ccc(-c3ccc4cc(-c5ccc6c(c5)oc5c7ccccc7ccc65)ccc4c3)c3ccccc23)cc1. The summed E-state index contributed by atoms with van der Waals surface area (Å²) in [4.78, 5) is 0. The highest BCUT2D eigenvalue weighted by atomic mass is 16.3. The average Bonchev–Trinajstić information content (AvgIpc) is 3.46. The van der Waals surface area contributed by atoms with E-state index in [1.165, 1.54) is 54.7 Å². The largest absolute Gasteiger partial charge is 0.455 e. The molecule has 0 radical (unpaired) electrons. The third kappa shape index (κ3) is 3.86. The predicted molar refractivity (Wildman–Crippen MR) is 183 cm³/mol. The number of furan rings is 1. The normalized spacial score (nSPS) is 11.7. The Hall–Kier alpha value is -5.66. The Morgan fingerprint density at radius 3 is 1.65 bits per heavy atom. The molecule has 0 amide bonds. The smallest absolute Gasteiger partial charge is 0.143 e. The molecular formula is C42H26O. The Kier molecular flexibility index (Phi) is 5.27. The Morgan fingerprint density at radius 1 is 0.302 bits per heavy atom. The van der Waals surface area contributed by atoms with Crippen LogP contribution in [0.4, 0.5) is 0 Å². The zero-order valence-corrected chi connectivity index (χ0v) is 23.4. The van der Waals surface area contributed by atoms with Crippen LogP contribution >= 0.6 is 0 Å². The zero-order chi connectivity index (χ0) is 28.3. The van der Waals surface area contributed by atoms with Gasteiger partial charge in [0.1, 0.15) is 11.2 Å². The van der Waals surface area contributed by atoms with Crippen LogP contribution in [0, 0.1) is 0 Å². The van der Waals surface area contributed by atoms with Gasteiger partial charge >= 0.3 is 0 Å². The maximum Gasteiger partial charge on any atom is 0.143 e. The van der Waals surface area contributed by atoms with Gasteiger partial charge in [-0.2, -0.15) is 0 Å². The van der Waals surface area contributed by atoms with E-state index in [-0.39, 0.29) is 0 Å². The van der Waals surface area contributed by atoms with Crippen molar-refractivity contribution in [3.8, 4) is 33.4 Å². The van der Waals surface area contributed by atoms with Gasteiger partial charge in [0.25, 0.3) is 0 Å². The number of benzene rings is 8. The van der Waals surface area contributed by atoms with Crippen LogP contribution in [0.5, 0.6) is 0 Å². The zero-order valence-electron chi connectivity index (χ0n) is 23.4. The van der Waals surface area contributed by atoms with Gasteiger partial charge in [-0.25, -0.2) is 0 Å².